The summed E-state index contributed by atoms with van der Waals surface area (Å²) in [6, 6.07) is 0. The summed E-state index contributed by atoms with van der Waals surface area (Å²) in [5, 5.41) is 0. The van der Waals surface area contributed by atoms with E-state index in [0.717, 1.165) is 0 Å². The first-order valence-electron chi connectivity index (χ1n) is 2.43. The van der Waals surface area contributed by atoms with Crippen molar-refractivity contribution in [1.82, 2.24) is 0 Å². The van der Waals surface area contributed by atoms with Crippen LogP contribution in [0.4, 0.5) is 0 Å². The molecule has 62 valence electrons. The maximum atomic E-state index is 9.97. The van der Waals surface area contributed by atoms with Gasteiger partial charge in [0.1, 0.15) is 0 Å². The van der Waals surface area contributed by atoms with Gasteiger partial charge in [-0.15, -0.1) is 0 Å². The second-order valence-electron chi connectivity index (χ2n) is 1.65. The number of hydrogen-bond donors (Lipinski definition) is 1. The summed E-state index contributed by atoms with van der Waals surface area (Å²) in [7, 11) is -3.99. The normalized spacial score (nSPS) is 15.0. The van der Waals surface area contributed by atoms with Gasteiger partial charge in [0, 0.05) is 5.75 Å². The van der Waals surface area contributed by atoms with Crippen LogP contribution in [0.1, 0.15) is 6.42 Å². The van der Waals surface area contributed by atoms with Gasteiger partial charge in [0.05, 0.1) is 5.75 Å². The molecule has 10 heavy (non-hydrogen) atoms. The first-order valence-corrected chi connectivity index (χ1v) is 5.28. The van der Waals surface area contributed by atoms with Gasteiger partial charge in [0.15, 0.2) is 0 Å². The summed E-state index contributed by atoms with van der Waals surface area (Å²) < 4.78 is 47.7. The van der Waals surface area contributed by atoms with Gasteiger partial charge in [0.25, 0.3) is 10.1 Å². The van der Waals surface area contributed by atoms with Crippen LogP contribution in [-0.2, 0) is 21.2 Å². The molecule has 0 radical (unpaired) electrons. The summed E-state index contributed by atoms with van der Waals surface area (Å²) in [4.78, 5) is 0. The lowest BCUT2D eigenvalue weighted by Gasteiger charge is -2.01. The molecule has 5 nitrogen and oxygen atoms in total. The van der Waals surface area contributed by atoms with Crippen molar-refractivity contribution in [2.45, 2.75) is 6.42 Å². The highest BCUT2D eigenvalue weighted by Crippen LogP contribution is 1.89. The average molecular weight is 187 g/mol. The highest BCUT2D eigenvalue weighted by Gasteiger charge is 2.02. The quantitative estimate of drug-likeness (QED) is 0.456. The zero-order valence-electron chi connectivity index (χ0n) is 5.02. The lowest BCUT2D eigenvalue weighted by atomic mass is 10.6. The van der Waals surface area contributed by atoms with E-state index in [2.05, 4.69) is 0 Å². The van der Waals surface area contributed by atoms with Gasteiger partial charge < -0.3 is 4.55 Å². The molecular formula is C3H7O5S2-. The first-order chi connectivity index (χ1) is 4.42. The molecule has 0 aromatic rings. The lowest BCUT2D eigenvalue weighted by molar-refractivity contribution is 0.482. The number of hydrogen-bond acceptors (Lipinski definition) is 4. The molecule has 0 saturated carbocycles. The first kappa shape index (κ1) is 10.0. The Bertz CT molecular complexity index is 205. The second-order valence-corrected chi connectivity index (χ2v) is 4.24. The smallest absolute Gasteiger partial charge is 0.264 e. The van der Waals surface area contributed by atoms with Gasteiger partial charge in [-0.2, -0.15) is 8.42 Å². The Balaban J connectivity index is 3.49. The summed E-state index contributed by atoms with van der Waals surface area (Å²) in [5.74, 6) is -0.735. The van der Waals surface area contributed by atoms with Crippen molar-refractivity contribution in [2.24, 2.45) is 0 Å². The largest absolute Gasteiger partial charge is 0.772 e. The van der Waals surface area contributed by atoms with Crippen molar-refractivity contribution >= 4 is 21.2 Å². The fourth-order valence-electron chi connectivity index (χ4n) is 0.359. The Morgan fingerprint density at radius 3 is 2.30 bits per heavy atom. The van der Waals surface area contributed by atoms with Gasteiger partial charge in [0.2, 0.25) is 0 Å². The van der Waals surface area contributed by atoms with Crippen LogP contribution < -0.4 is 0 Å². The van der Waals surface area contributed by atoms with Crippen LogP contribution in [0.5, 0.6) is 0 Å². The fourth-order valence-corrected chi connectivity index (χ4v) is 1.43. The molecule has 0 aromatic heterocycles. The number of rotatable bonds is 4. The minimum absolute atomic E-state index is 0.0606. The van der Waals surface area contributed by atoms with E-state index >= 15 is 0 Å². The van der Waals surface area contributed by atoms with Crippen molar-refractivity contribution in [2.75, 3.05) is 11.5 Å². The Hall–Kier alpha value is 0.0200. The van der Waals surface area contributed by atoms with E-state index in [-0.39, 0.29) is 12.2 Å². The molecule has 0 fully saturated rings. The molecule has 0 amide bonds. The maximum Gasteiger partial charge on any atom is 0.264 e. The van der Waals surface area contributed by atoms with Crippen LogP contribution in [0.25, 0.3) is 0 Å². The van der Waals surface area contributed by atoms with Gasteiger partial charge in [-0.25, -0.2) is 0 Å². The lowest BCUT2D eigenvalue weighted by Crippen LogP contribution is -2.07. The Labute approximate surface area is 61.5 Å². The van der Waals surface area contributed by atoms with E-state index in [1.54, 1.807) is 0 Å². The van der Waals surface area contributed by atoms with Crippen molar-refractivity contribution in [1.29, 1.82) is 0 Å². The predicted molar refractivity (Wildman–Crippen MR) is 34.8 cm³/mol. The van der Waals surface area contributed by atoms with Crippen molar-refractivity contribution in [3.05, 3.63) is 0 Å². The van der Waals surface area contributed by atoms with Crippen LogP contribution in [0.3, 0.4) is 0 Å². The maximum absolute atomic E-state index is 9.97. The topological polar surface area (TPSA) is 94.5 Å². The molecule has 0 aliphatic carbocycles. The van der Waals surface area contributed by atoms with Gasteiger partial charge >= 0.3 is 0 Å². The monoisotopic (exact) mass is 187 g/mol. The van der Waals surface area contributed by atoms with E-state index in [4.69, 9.17) is 4.55 Å². The molecule has 0 bridgehead atoms. The molecule has 7 heteroatoms. The van der Waals surface area contributed by atoms with E-state index in [0.29, 0.717) is 0 Å². The Kier molecular flexibility index (Phi) is 4.02. The Morgan fingerprint density at radius 1 is 1.50 bits per heavy atom. The molecule has 1 N–H and O–H groups in total. The highest BCUT2D eigenvalue weighted by molar-refractivity contribution is 7.85. The molecule has 0 rings (SSSR count). The van der Waals surface area contributed by atoms with E-state index < -0.39 is 27.0 Å². The molecule has 0 aliphatic heterocycles. The third-order valence-electron chi connectivity index (χ3n) is 0.713. The third kappa shape index (κ3) is 8.02. The molecule has 0 aromatic carbocycles. The van der Waals surface area contributed by atoms with Crippen molar-refractivity contribution < 1.29 is 21.7 Å². The Morgan fingerprint density at radius 2 is 2.00 bits per heavy atom. The fraction of sp³-hybridized carbons (Fsp3) is 1.00. The van der Waals surface area contributed by atoms with Crippen LogP contribution in [-0.4, -0.2) is 33.2 Å². The summed E-state index contributed by atoms with van der Waals surface area (Å²) >= 11 is -2.23. The molecule has 1 atom stereocenters. The van der Waals surface area contributed by atoms with Gasteiger partial charge in [-0.1, -0.05) is 11.1 Å². The average Bonchev–Trinajstić information content (AvgIpc) is 1.59. The summed E-state index contributed by atoms with van der Waals surface area (Å²) in [6.45, 7) is 0. The molecule has 0 spiro atoms. The predicted octanol–water partition coefficient (Wildman–Crippen LogP) is -0.857. The SMILES string of the molecule is O=S([O-])CCCS(=O)(=O)O. The molecule has 0 aliphatic rings. The van der Waals surface area contributed by atoms with Crippen LogP contribution in [0.2, 0.25) is 0 Å². The van der Waals surface area contributed by atoms with Gasteiger partial charge in [-0.05, 0) is 6.42 Å². The zero-order chi connectivity index (χ0) is 8.20. The second kappa shape index (κ2) is 4.02. The summed E-state index contributed by atoms with van der Waals surface area (Å²) in [6.07, 6.45) is -0.0606. The minimum atomic E-state index is -3.99. The zero-order valence-corrected chi connectivity index (χ0v) is 6.65. The van der Waals surface area contributed by atoms with Crippen molar-refractivity contribution in [3.63, 3.8) is 0 Å². The molecule has 1 unspecified atom stereocenters. The van der Waals surface area contributed by atoms with E-state index in [9.17, 15) is 17.2 Å². The van der Waals surface area contributed by atoms with Crippen LogP contribution >= 0.6 is 0 Å². The summed E-state index contributed by atoms with van der Waals surface area (Å²) in [5.41, 5.74) is 0. The van der Waals surface area contributed by atoms with Crippen LogP contribution in [0.15, 0.2) is 0 Å². The standard InChI is InChI=1S/C3H8O5S2/c4-9(5)2-1-3-10(6,7)8/h1-3H2,(H,4,5)(H,6,7,8)/p-1. The molecular weight excluding hydrogens is 180 g/mol. The molecule has 0 heterocycles. The van der Waals surface area contributed by atoms with Gasteiger partial charge in [-0.3, -0.25) is 8.76 Å². The van der Waals surface area contributed by atoms with E-state index in [1.807, 2.05) is 0 Å². The minimum Gasteiger partial charge on any atom is -0.772 e. The third-order valence-corrected chi connectivity index (χ3v) is 2.14. The highest BCUT2D eigenvalue weighted by atomic mass is 32.2. The van der Waals surface area contributed by atoms with E-state index in [1.165, 1.54) is 0 Å². The molecule has 0 saturated heterocycles. The van der Waals surface area contributed by atoms with Crippen molar-refractivity contribution in [3.8, 4) is 0 Å². The van der Waals surface area contributed by atoms with Crippen LogP contribution in [0, 0.1) is 0 Å².